The second-order valence-corrected chi connectivity index (χ2v) is 9.79. The lowest BCUT2D eigenvalue weighted by atomic mass is 10.1. The number of hydrogen-bond donors (Lipinski definition) is 0. The van der Waals surface area contributed by atoms with E-state index in [0.717, 1.165) is 54.7 Å². The van der Waals surface area contributed by atoms with Crippen LogP contribution in [0.3, 0.4) is 0 Å². The van der Waals surface area contributed by atoms with Gasteiger partial charge in [0.15, 0.2) is 0 Å². The Balaban J connectivity index is 2.00. The van der Waals surface area contributed by atoms with Crippen molar-refractivity contribution >= 4 is 27.7 Å². The predicted octanol–water partition coefficient (Wildman–Crippen LogP) is 0.698. The maximum atomic E-state index is 12.7. The third-order valence-electron chi connectivity index (χ3n) is 4.60. The van der Waals surface area contributed by atoms with Crippen LogP contribution in [0.5, 0.6) is 0 Å². The number of nitrogens with zero attached hydrogens (tertiary/aromatic N) is 3. The van der Waals surface area contributed by atoms with Crippen LogP contribution in [0.2, 0.25) is 0 Å². The zero-order valence-corrected chi connectivity index (χ0v) is 15.9. The van der Waals surface area contributed by atoms with E-state index < -0.39 is 10.0 Å². The molecule has 2 heterocycles. The van der Waals surface area contributed by atoms with E-state index in [4.69, 9.17) is 0 Å². The molecular weight excluding hydrogens is 334 g/mol. The molecule has 2 aliphatic heterocycles. The van der Waals surface area contributed by atoms with Crippen LogP contribution in [-0.4, -0.2) is 92.0 Å². The first kappa shape index (κ1) is 19.0. The van der Waals surface area contributed by atoms with Crippen molar-refractivity contribution in [2.24, 2.45) is 0 Å². The summed E-state index contributed by atoms with van der Waals surface area (Å²) in [6, 6.07) is 0.195. The van der Waals surface area contributed by atoms with Crippen LogP contribution in [0, 0.1) is 0 Å². The van der Waals surface area contributed by atoms with Crippen LogP contribution in [0.25, 0.3) is 0 Å². The largest absolute Gasteiger partial charge is 0.336 e. The molecule has 2 rings (SSSR count). The van der Waals surface area contributed by atoms with Crippen molar-refractivity contribution in [3.05, 3.63) is 0 Å². The minimum absolute atomic E-state index is 0.0556. The van der Waals surface area contributed by atoms with Crippen LogP contribution in [0.1, 0.15) is 25.7 Å². The van der Waals surface area contributed by atoms with Crippen LogP contribution >= 0.6 is 11.8 Å². The fraction of sp³-hybridized carbons (Fsp3) is 0.933. The van der Waals surface area contributed by atoms with Crippen LogP contribution < -0.4 is 0 Å². The van der Waals surface area contributed by atoms with Crippen molar-refractivity contribution < 1.29 is 13.2 Å². The molecular formula is C15H29N3O3S2. The summed E-state index contributed by atoms with van der Waals surface area (Å²) in [5, 5.41) is 0. The fourth-order valence-corrected chi connectivity index (χ4v) is 4.55. The molecule has 2 fully saturated rings. The Morgan fingerprint density at radius 2 is 1.87 bits per heavy atom. The Labute approximate surface area is 144 Å². The van der Waals surface area contributed by atoms with E-state index in [0.29, 0.717) is 0 Å². The predicted molar refractivity (Wildman–Crippen MR) is 95.2 cm³/mol. The minimum atomic E-state index is -3.32. The second kappa shape index (κ2) is 8.69. The summed E-state index contributed by atoms with van der Waals surface area (Å²) in [6.07, 6.45) is 5.91. The van der Waals surface area contributed by atoms with Crippen molar-refractivity contribution in [1.29, 1.82) is 0 Å². The molecule has 6 nitrogen and oxygen atoms in total. The smallest absolute Gasteiger partial charge is 0.238 e. The Morgan fingerprint density at radius 1 is 1.17 bits per heavy atom. The second-order valence-electron chi connectivity index (χ2n) is 6.55. The first-order chi connectivity index (χ1) is 10.9. The summed E-state index contributed by atoms with van der Waals surface area (Å²) in [6.45, 7) is 3.84. The van der Waals surface area contributed by atoms with E-state index in [1.807, 2.05) is 16.7 Å². The molecule has 8 heteroatoms. The molecule has 134 valence electrons. The molecule has 1 amide bonds. The van der Waals surface area contributed by atoms with Gasteiger partial charge in [0.2, 0.25) is 15.9 Å². The number of hydrogen-bond acceptors (Lipinski definition) is 5. The summed E-state index contributed by atoms with van der Waals surface area (Å²) >= 11 is 1.91. The van der Waals surface area contributed by atoms with Gasteiger partial charge in [0.05, 0.1) is 18.8 Å². The molecule has 1 atom stereocenters. The van der Waals surface area contributed by atoms with Crippen molar-refractivity contribution in [2.75, 3.05) is 57.5 Å². The molecule has 0 bridgehead atoms. The molecule has 0 spiro atoms. The highest BCUT2D eigenvalue weighted by molar-refractivity contribution is 7.99. The maximum absolute atomic E-state index is 12.7. The van der Waals surface area contributed by atoms with Gasteiger partial charge in [0, 0.05) is 25.9 Å². The highest BCUT2D eigenvalue weighted by atomic mass is 32.2. The van der Waals surface area contributed by atoms with Gasteiger partial charge in [-0.15, -0.1) is 0 Å². The van der Waals surface area contributed by atoms with Gasteiger partial charge in [-0.05, 0) is 38.1 Å². The molecule has 1 unspecified atom stereocenters. The first-order valence-electron chi connectivity index (χ1n) is 8.39. The summed E-state index contributed by atoms with van der Waals surface area (Å²) in [4.78, 5) is 17.0. The van der Waals surface area contributed by atoms with Crippen LogP contribution in [0.4, 0.5) is 0 Å². The van der Waals surface area contributed by atoms with Crippen LogP contribution in [0.15, 0.2) is 0 Å². The zero-order chi connectivity index (χ0) is 16.9. The lowest BCUT2D eigenvalue weighted by Gasteiger charge is -2.36. The van der Waals surface area contributed by atoms with Gasteiger partial charge in [0.1, 0.15) is 0 Å². The van der Waals surface area contributed by atoms with Gasteiger partial charge < -0.3 is 9.80 Å². The highest BCUT2D eigenvalue weighted by Gasteiger charge is 2.29. The van der Waals surface area contributed by atoms with Crippen molar-refractivity contribution in [1.82, 2.24) is 14.1 Å². The average molecular weight is 364 g/mol. The number of thioether (sulfide) groups is 1. The quantitative estimate of drug-likeness (QED) is 0.719. The molecule has 0 saturated carbocycles. The topological polar surface area (TPSA) is 60.9 Å². The van der Waals surface area contributed by atoms with E-state index in [9.17, 15) is 13.2 Å². The van der Waals surface area contributed by atoms with Crippen molar-refractivity contribution in [3.63, 3.8) is 0 Å². The van der Waals surface area contributed by atoms with Crippen molar-refractivity contribution in [2.45, 2.75) is 31.7 Å². The van der Waals surface area contributed by atoms with Crippen molar-refractivity contribution in [3.8, 4) is 0 Å². The maximum Gasteiger partial charge on any atom is 0.238 e. The van der Waals surface area contributed by atoms with E-state index in [-0.39, 0.29) is 18.5 Å². The molecule has 0 aromatic carbocycles. The fourth-order valence-electron chi connectivity index (χ4n) is 3.15. The summed E-state index contributed by atoms with van der Waals surface area (Å²) in [7, 11) is -1.85. The number of likely N-dealkylation sites (tertiary alicyclic amines) is 1. The third-order valence-corrected chi connectivity index (χ3v) is 7.06. The first-order valence-corrected chi connectivity index (χ1v) is 11.4. The minimum Gasteiger partial charge on any atom is -0.336 e. The summed E-state index contributed by atoms with van der Waals surface area (Å²) in [5.41, 5.74) is 0. The number of likely N-dealkylation sites (N-methyl/N-ethyl adjacent to an activating group) is 1. The molecule has 0 aliphatic carbocycles. The molecule has 0 N–H and O–H groups in total. The highest BCUT2D eigenvalue weighted by Crippen LogP contribution is 2.19. The number of carbonyl (C=O) groups excluding carboxylic acids is 1. The number of amides is 1. The lowest BCUT2D eigenvalue weighted by molar-refractivity contribution is -0.133. The third kappa shape index (κ3) is 5.92. The molecule has 23 heavy (non-hydrogen) atoms. The Morgan fingerprint density at radius 3 is 2.52 bits per heavy atom. The van der Waals surface area contributed by atoms with E-state index >= 15 is 0 Å². The zero-order valence-electron chi connectivity index (χ0n) is 14.2. The summed E-state index contributed by atoms with van der Waals surface area (Å²) < 4.78 is 24.3. The standard InChI is InChI=1S/C15H29N3O3S2/c1-16(23(2,20)21)12-15(19)18-9-6-10-22-13-14(18)11-17-7-4-3-5-8-17/h14H,3-13H2,1-2H3. The number of piperidine rings is 1. The van der Waals surface area contributed by atoms with E-state index in [1.165, 1.54) is 26.3 Å². The van der Waals surface area contributed by atoms with Gasteiger partial charge in [-0.1, -0.05) is 6.42 Å². The van der Waals surface area contributed by atoms with Gasteiger partial charge >= 0.3 is 0 Å². The van der Waals surface area contributed by atoms with E-state index in [2.05, 4.69) is 4.90 Å². The average Bonchev–Trinajstić information content (AvgIpc) is 2.73. The number of rotatable bonds is 5. The normalized spacial score (nSPS) is 24.7. The Bertz CT molecular complexity index is 492. The number of carbonyl (C=O) groups is 1. The molecule has 0 aromatic rings. The van der Waals surface area contributed by atoms with Gasteiger partial charge in [-0.25, -0.2) is 8.42 Å². The number of sulfonamides is 1. The molecule has 2 aliphatic rings. The van der Waals surface area contributed by atoms with Gasteiger partial charge in [-0.3, -0.25) is 4.79 Å². The Hall–Kier alpha value is -0.310. The van der Waals surface area contributed by atoms with E-state index in [1.54, 1.807) is 0 Å². The van der Waals surface area contributed by atoms with Gasteiger partial charge in [0.25, 0.3) is 0 Å². The molecule has 2 saturated heterocycles. The molecule has 0 aromatic heterocycles. The Kier molecular flexibility index (Phi) is 7.19. The van der Waals surface area contributed by atoms with Gasteiger partial charge in [-0.2, -0.15) is 16.1 Å². The van der Waals surface area contributed by atoms with Crippen LogP contribution in [-0.2, 0) is 14.8 Å². The molecule has 0 radical (unpaired) electrons. The summed E-state index contributed by atoms with van der Waals surface area (Å²) in [5.74, 6) is 1.95. The lowest BCUT2D eigenvalue weighted by Crippen LogP contribution is -2.51. The SMILES string of the molecule is CN(CC(=O)N1CCCSCC1CN1CCCCC1)S(C)(=O)=O. The monoisotopic (exact) mass is 363 g/mol.